The first kappa shape index (κ1) is 12.9. The third-order valence-corrected chi connectivity index (χ3v) is 2.91. The first-order valence-electron chi connectivity index (χ1n) is 5.53. The predicted octanol–water partition coefficient (Wildman–Crippen LogP) is -0.415. The van der Waals surface area contributed by atoms with Crippen molar-refractivity contribution in [2.24, 2.45) is 0 Å². The Labute approximate surface area is 108 Å². The number of nitrogens with one attached hydrogen (secondary N) is 1. The van der Waals surface area contributed by atoms with Crippen molar-refractivity contribution in [3.63, 3.8) is 0 Å². The van der Waals surface area contributed by atoms with Crippen molar-refractivity contribution < 1.29 is 24.6 Å². The van der Waals surface area contributed by atoms with E-state index in [0.717, 1.165) is 11.0 Å². The number of rotatable bonds is 2. The number of carbonyl (C=O) groups is 3. The van der Waals surface area contributed by atoms with Crippen LogP contribution in [0.4, 0.5) is 0 Å². The van der Waals surface area contributed by atoms with Gasteiger partial charge >= 0.3 is 0 Å². The molecule has 1 fully saturated rings. The molecule has 3 N–H and O–H groups in total. The Morgan fingerprint density at radius 3 is 2.58 bits per heavy atom. The van der Waals surface area contributed by atoms with Crippen molar-refractivity contribution in [2.75, 3.05) is 7.05 Å². The summed E-state index contributed by atoms with van der Waals surface area (Å²) in [5.74, 6) is -2.12. The van der Waals surface area contributed by atoms with E-state index >= 15 is 0 Å². The van der Waals surface area contributed by atoms with Crippen LogP contribution < -0.4 is 5.32 Å². The molecule has 0 spiro atoms. The van der Waals surface area contributed by atoms with Gasteiger partial charge in [-0.15, -0.1) is 0 Å². The minimum absolute atomic E-state index is 0.0763. The third-order valence-electron chi connectivity index (χ3n) is 2.91. The van der Waals surface area contributed by atoms with E-state index in [2.05, 4.69) is 5.32 Å². The first-order chi connectivity index (χ1) is 8.90. The van der Waals surface area contributed by atoms with Crippen molar-refractivity contribution in [1.29, 1.82) is 0 Å². The van der Waals surface area contributed by atoms with Gasteiger partial charge in [-0.05, 0) is 12.1 Å². The number of nitrogens with zero attached hydrogens (tertiary/aromatic N) is 1. The van der Waals surface area contributed by atoms with E-state index in [1.54, 1.807) is 0 Å². The lowest BCUT2D eigenvalue weighted by atomic mass is 10.1. The van der Waals surface area contributed by atoms with E-state index < -0.39 is 23.6 Å². The summed E-state index contributed by atoms with van der Waals surface area (Å²) in [6.07, 6.45) is -0.0973. The van der Waals surface area contributed by atoms with Crippen molar-refractivity contribution in [3.8, 4) is 11.5 Å². The Kier molecular flexibility index (Phi) is 3.12. The highest BCUT2D eigenvalue weighted by atomic mass is 16.3. The average Bonchev–Trinajstić information content (AvgIpc) is 2.57. The maximum atomic E-state index is 11.9. The first-order valence-corrected chi connectivity index (χ1v) is 5.53. The summed E-state index contributed by atoms with van der Waals surface area (Å²) in [7, 11) is 1.34. The van der Waals surface area contributed by atoms with E-state index in [1.807, 2.05) is 0 Å². The molecule has 19 heavy (non-hydrogen) atoms. The highest BCUT2D eigenvalue weighted by Crippen LogP contribution is 2.23. The molecule has 1 saturated heterocycles. The van der Waals surface area contributed by atoms with Gasteiger partial charge in [0, 0.05) is 13.1 Å². The standard InChI is InChI=1S/C12H12N2O5/c1-14-10(17)5-8(12(14)19)13-11(18)7-3-2-6(15)4-9(7)16/h2-4,8,15-16H,5H2,1H3,(H,13,18). The zero-order chi connectivity index (χ0) is 14.2. The zero-order valence-corrected chi connectivity index (χ0v) is 10.1. The second kappa shape index (κ2) is 4.60. The number of aromatic hydroxyl groups is 2. The maximum Gasteiger partial charge on any atom is 0.255 e. The molecule has 1 atom stereocenters. The zero-order valence-electron chi connectivity index (χ0n) is 10.1. The molecule has 0 bridgehead atoms. The van der Waals surface area contributed by atoms with Crippen LogP contribution in [0.25, 0.3) is 0 Å². The Morgan fingerprint density at radius 2 is 2.05 bits per heavy atom. The summed E-state index contributed by atoms with van der Waals surface area (Å²) in [5.41, 5.74) is -0.0763. The summed E-state index contributed by atoms with van der Waals surface area (Å²) in [5, 5.41) is 21.0. The van der Waals surface area contributed by atoms with Gasteiger partial charge in [0.15, 0.2) is 0 Å². The van der Waals surface area contributed by atoms with Crippen LogP contribution in [-0.4, -0.2) is 45.9 Å². The quantitative estimate of drug-likeness (QED) is 0.629. The third kappa shape index (κ3) is 2.35. The van der Waals surface area contributed by atoms with Crippen molar-refractivity contribution in [2.45, 2.75) is 12.5 Å². The molecule has 100 valence electrons. The Bertz CT molecular complexity index is 569. The van der Waals surface area contributed by atoms with E-state index in [9.17, 15) is 19.5 Å². The highest BCUT2D eigenvalue weighted by Gasteiger charge is 2.37. The summed E-state index contributed by atoms with van der Waals surface area (Å²) in [6.45, 7) is 0. The SMILES string of the molecule is CN1C(=O)CC(NC(=O)c2ccc(O)cc2O)C1=O. The molecule has 1 aliphatic rings. The minimum Gasteiger partial charge on any atom is -0.508 e. The fourth-order valence-corrected chi connectivity index (χ4v) is 1.82. The second-order valence-electron chi connectivity index (χ2n) is 4.22. The number of imide groups is 1. The number of amides is 3. The number of phenols is 2. The number of hydrogen-bond acceptors (Lipinski definition) is 5. The lowest BCUT2D eigenvalue weighted by Crippen LogP contribution is -2.40. The molecule has 0 radical (unpaired) electrons. The Hall–Kier alpha value is -2.57. The summed E-state index contributed by atoms with van der Waals surface area (Å²) >= 11 is 0. The fourth-order valence-electron chi connectivity index (χ4n) is 1.82. The fraction of sp³-hybridized carbons (Fsp3) is 0.250. The van der Waals surface area contributed by atoms with Gasteiger partial charge in [-0.3, -0.25) is 19.3 Å². The number of phenolic OH excluding ortho intramolecular Hbond substituents is 2. The van der Waals surface area contributed by atoms with Crippen LogP contribution >= 0.6 is 0 Å². The number of carbonyl (C=O) groups excluding carboxylic acids is 3. The number of likely N-dealkylation sites (tertiary alicyclic amines) is 1. The average molecular weight is 264 g/mol. The van der Waals surface area contributed by atoms with Gasteiger partial charge in [0.2, 0.25) is 5.91 Å². The van der Waals surface area contributed by atoms with E-state index in [1.165, 1.54) is 19.2 Å². The monoisotopic (exact) mass is 264 g/mol. The molecule has 7 nitrogen and oxygen atoms in total. The smallest absolute Gasteiger partial charge is 0.255 e. The molecule has 1 aromatic carbocycles. The van der Waals surface area contributed by atoms with Crippen LogP contribution in [-0.2, 0) is 9.59 Å². The van der Waals surface area contributed by atoms with Crippen molar-refractivity contribution in [1.82, 2.24) is 10.2 Å². The lowest BCUT2D eigenvalue weighted by molar-refractivity contribution is -0.137. The largest absolute Gasteiger partial charge is 0.508 e. The maximum absolute atomic E-state index is 11.9. The number of benzene rings is 1. The minimum atomic E-state index is -0.918. The molecular formula is C12H12N2O5. The lowest BCUT2D eigenvalue weighted by Gasteiger charge is -2.11. The number of hydrogen-bond donors (Lipinski definition) is 3. The molecule has 0 saturated carbocycles. The molecule has 0 aromatic heterocycles. The summed E-state index contributed by atoms with van der Waals surface area (Å²) in [4.78, 5) is 35.7. The topological polar surface area (TPSA) is 107 Å². The van der Waals surface area contributed by atoms with Crippen LogP contribution in [0.5, 0.6) is 11.5 Å². The van der Waals surface area contributed by atoms with E-state index in [4.69, 9.17) is 5.11 Å². The normalized spacial score (nSPS) is 18.8. The molecule has 1 heterocycles. The molecule has 2 rings (SSSR count). The summed E-state index contributed by atoms with van der Waals surface area (Å²) in [6, 6.07) is 2.56. The van der Waals surface area contributed by atoms with E-state index in [-0.39, 0.29) is 23.6 Å². The van der Waals surface area contributed by atoms with Gasteiger partial charge < -0.3 is 15.5 Å². The van der Waals surface area contributed by atoms with Crippen molar-refractivity contribution in [3.05, 3.63) is 23.8 Å². The molecule has 3 amide bonds. The molecule has 1 aromatic rings. The van der Waals surface area contributed by atoms with Crippen molar-refractivity contribution >= 4 is 17.7 Å². The van der Waals surface area contributed by atoms with Crippen LogP contribution in [0, 0.1) is 0 Å². The number of likely N-dealkylation sites (N-methyl/N-ethyl adjacent to an activating group) is 1. The summed E-state index contributed by atoms with van der Waals surface area (Å²) < 4.78 is 0. The Balaban J connectivity index is 2.14. The van der Waals surface area contributed by atoms with Crippen LogP contribution in [0.1, 0.15) is 16.8 Å². The predicted molar refractivity (Wildman–Crippen MR) is 63.4 cm³/mol. The van der Waals surface area contributed by atoms with Gasteiger partial charge in [-0.25, -0.2) is 0 Å². The molecule has 0 aliphatic carbocycles. The molecule has 1 aliphatic heterocycles. The van der Waals surface area contributed by atoms with E-state index in [0.29, 0.717) is 0 Å². The van der Waals surface area contributed by atoms with Gasteiger partial charge in [-0.2, -0.15) is 0 Å². The molecule has 1 unspecified atom stereocenters. The van der Waals surface area contributed by atoms with Crippen LogP contribution in [0.3, 0.4) is 0 Å². The Morgan fingerprint density at radius 1 is 1.37 bits per heavy atom. The molecular weight excluding hydrogens is 252 g/mol. The van der Waals surface area contributed by atoms with Gasteiger partial charge in [0.1, 0.15) is 17.5 Å². The molecule has 7 heteroatoms. The van der Waals surface area contributed by atoms with Crippen LogP contribution in [0.2, 0.25) is 0 Å². The second-order valence-corrected chi connectivity index (χ2v) is 4.22. The van der Waals surface area contributed by atoms with Gasteiger partial charge in [-0.1, -0.05) is 0 Å². The highest BCUT2D eigenvalue weighted by molar-refractivity contribution is 6.08. The van der Waals surface area contributed by atoms with Crippen LogP contribution in [0.15, 0.2) is 18.2 Å². The van der Waals surface area contributed by atoms with Gasteiger partial charge in [0.05, 0.1) is 12.0 Å². The van der Waals surface area contributed by atoms with Gasteiger partial charge in [0.25, 0.3) is 11.8 Å².